The molecule has 0 aliphatic carbocycles. The quantitative estimate of drug-likeness (QED) is 0.538. The van der Waals surface area contributed by atoms with Gasteiger partial charge < -0.3 is 4.74 Å². The van der Waals surface area contributed by atoms with Gasteiger partial charge in [-0.05, 0) is 49.1 Å². The topological polar surface area (TPSA) is 50.7 Å². The number of ether oxygens (including phenoxy) is 1. The maximum atomic E-state index is 12.4. The van der Waals surface area contributed by atoms with Crippen molar-refractivity contribution in [2.75, 3.05) is 0 Å². The Morgan fingerprint density at radius 2 is 1.80 bits per heavy atom. The van der Waals surface area contributed by atoms with Crippen LogP contribution >= 0.6 is 15.9 Å². The zero-order valence-electron chi connectivity index (χ0n) is 14.9. The maximum absolute atomic E-state index is 12.4. The third kappa shape index (κ3) is 5.71. The van der Waals surface area contributed by atoms with E-state index in [1.54, 1.807) is 18.3 Å². The molecule has 0 spiro atoms. The normalized spacial score (nSPS) is 11.3. The molecule has 0 heterocycles. The highest BCUT2D eigenvalue weighted by Crippen LogP contribution is 2.24. The molecule has 0 atom stereocenters. The minimum Gasteiger partial charge on any atom is -0.490 e. The molecule has 2 aromatic carbocycles. The molecule has 0 aliphatic heterocycles. The van der Waals surface area contributed by atoms with Gasteiger partial charge in [0, 0.05) is 4.47 Å². The van der Waals surface area contributed by atoms with E-state index < -0.39 is 0 Å². The predicted molar refractivity (Wildman–Crippen MR) is 105 cm³/mol. The SMILES string of the molecule is CC(C)Oc1ccc(Br)cc1C(=O)N/N=C/c1ccc(C(C)C)cc1. The molecule has 0 aromatic heterocycles. The Bertz CT molecular complexity index is 753. The van der Waals surface area contributed by atoms with Gasteiger partial charge in [-0.3, -0.25) is 4.79 Å². The molecule has 0 saturated carbocycles. The fourth-order valence-electron chi connectivity index (χ4n) is 2.23. The van der Waals surface area contributed by atoms with E-state index in [2.05, 4.69) is 52.4 Å². The molecular formula is C20H23BrN2O2. The Balaban J connectivity index is 2.08. The Morgan fingerprint density at radius 3 is 2.40 bits per heavy atom. The highest BCUT2D eigenvalue weighted by molar-refractivity contribution is 9.10. The van der Waals surface area contributed by atoms with Crippen molar-refractivity contribution in [3.8, 4) is 5.75 Å². The smallest absolute Gasteiger partial charge is 0.275 e. The maximum Gasteiger partial charge on any atom is 0.275 e. The molecule has 0 unspecified atom stereocenters. The molecule has 0 aliphatic rings. The Labute approximate surface area is 157 Å². The first-order chi connectivity index (χ1) is 11.9. The summed E-state index contributed by atoms with van der Waals surface area (Å²) in [4.78, 5) is 12.4. The van der Waals surface area contributed by atoms with Crippen LogP contribution in [-0.4, -0.2) is 18.2 Å². The van der Waals surface area contributed by atoms with E-state index in [0.29, 0.717) is 17.2 Å². The monoisotopic (exact) mass is 402 g/mol. The van der Waals surface area contributed by atoms with Gasteiger partial charge in [-0.15, -0.1) is 0 Å². The lowest BCUT2D eigenvalue weighted by Gasteiger charge is -2.13. The molecule has 2 rings (SSSR count). The lowest BCUT2D eigenvalue weighted by Crippen LogP contribution is -2.20. The predicted octanol–water partition coefficient (Wildman–Crippen LogP) is 5.12. The molecule has 0 bridgehead atoms. The lowest BCUT2D eigenvalue weighted by atomic mass is 10.0. The Hall–Kier alpha value is -2.14. The third-order valence-corrected chi connectivity index (χ3v) is 4.03. The number of hydrazone groups is 1. The standard InChI is InChI=1S/C20H23BrN2O2/c1-13(2)16-7-5-15(6-8-16)12-22-23-20(24)18-11-17(21)9-10-19(18)25-14(3)4/h5-14H,1-4H3,(H,23,24)/b22-12+. The van der Waals surface area contributed by atoms with E-state index in [1.807, 2.05) is 32.0 Å². The largest absolute Gasteiger partial charge is 0.490 e. The number of halogens is 1. The van der Waals surface area contributed by atoms with Crippen molar-refractivity contribution in [3.63, 3.8) is 0 Å². The summed E-state index contributed by atoms with van der Waals surface area (Å²) < 4.78 is 6.50. The van der Waals surface area contributed by atoms with Crippen molar-refractivity contribution >= 4 is 28.1 Å². The number of nitrogens with zero attached hydrogens (tertiary/aromatic N) is 1. The summed E-state index contributed by atoms with van der Waals surface area (Å²) in [6.07, 6.45) is 1.61. The number of hydrogen-bond donors (Lipinski definition) is 1. The highest BCUT2D eigenvalue weighted by Gasteiger charge is 2.13. The second-order valence-corrected chi connectivity index (χ2v) is 7.24. The molecule has 0 saturated heterocycles. The zero-order valence-corrected chi connectivity index (χ0v) is 16.5. The van der Waals surface area contributed by atoms with Gasteiger partial charge in [-0.2, -0.15) is 5.10 Å². The number of benzene rings is 2. The van der Waals surface area contributed by atoms with Crippen LogP contribution in [0.15, 0.2) is 52.0 Å². The van der Waals surface area contributed by atoms with Gasteiger partial charge in [0.1, 0.15) is 5.75 Å². The Kier molecular flexibility index (Phi) is 6.76. The van der Waals surface area contributed by atoms with Crippen LogP contribution in [0.25, 0.3) is 0 Å². The average molecular weight is 403 g/mol. The van der Waals surface area contributed by atoms with Crippen molar-refractivity contribution in [1.29, 1.82) is 0 Å². The van der Waals surface area contributed by atoms with Crippen LogP contribution in [0.3, 0.4) is 0 Å². The van der Waals surface area contributed by atoms with Crippen molar-refractivity contribution in [1.82, 2.24) is 5.43 Å². The summed E-state index contributed by atoms with van der Waals surface area (Å²) in [5, 5.41) is 4.05. The molecule has 132 valence electrons. The summed E-state index contributed by atoms with van der Waals surface area (Å²) in [5.74, 6) is 0.709. The van der Waals surface area contributed by atoms with Gasteiger partial charge in [-0.25, -0.2) is 5.43 Å². The van der Waals surface area contributed by atoms with Crippen molar-refractivity contribution < 1.29 is 9.53 Å². The molecular weight excluding hydrogens is 380 g/mol. The van der Waals surface area contributed by atoms with E-state index in [4.69, 9.17) is 4.74 Å². The van der Waals surface area contributed by atoms with E-state index in [1.165, 1.54) is 5.56 Å². The van der Waals surface area contributed by atoms with Gasteiger partial charge in [0.25, 0.3) is 5.91 Å². The van der Waals surface area contributed by atoms with Gasteiger partial charge in [0.05, 0.1) is 17.9 Å². The molecule has 2 aromatic rings. The second-order valence-electron chi connectivity index (χ2n) is 6.33. The fourth-order valence-corrected chi connectivity index (χ4v) is 2.59. The lowest BCUT2D eigenvalue weighted by molar-refractivity contribution is 0.0949. The highest BCUT2D eigenvalue weighted by atomic mass is 79.9. The number of carbonyl (C=O) groups is 1. The van der Waals surface area contributed by atoms with Gasteiger partial charge in [0.15, 0.2) is 0 Å². The number of carbonyl (C=O) groups excluding carboxylic acids is 1. The van der Waals surface area contributed by atoms with Crippen molar-refractivity contribution in [2.24, 2.45) is 5.10 Å². The van der Waals surface area contributed by atoms with Crippen LogP contribution in [0.2, 0.25) is 0 Å². The van der Waals surface area contributed by atoms with Crippen LogP contribution in [0.5, 0.6) is 5.75 Å². The fraction of sp³-hybridized carbons (Fsp3) is 0.300. The van der Waals surface area contributed by atoms with Crippen molar-refractivity contribution in [3.05, 3.63) is 63.6 Å². The number of amides is 1. The first-order valence-corrected chi connectivity index (χ1v) is 9.05. The number of rotatable bonds is 6. The van der Waals surface area contributed by atoms with Gasteiger partial charge in [0.2, 0.25) is 0 Å². The molecule has 0 radical (unpaired) electrons. The van der Waals surface area contributed by atoms with Crippen molar-refractivity contribution in [2.45, 2.75) is 39.7 Å². The summed E-state index contributed by atoms with van der Waals surface area (Å²) >= 11 is 3.38. The first kappa shape index (κ1) is 19.2. The van der Waals surface area contributed by atoms with E-state index in [0.717, 1.165) is 10.0 Å². The van der Waals surface area contributed by atoms with Gasteiger partial charge in [-0.1, -0.05) is 54.0 Å². The summed E-state index contributed by atoms with van der Waals surface area (Å²) in [6, 6.07) is 13.4. The van der Waals surface area contributed by atoms with Crippen LogP contribution < -0.4 is 10.2 Å². The summed E-state index contributed by atoms with van der Waals surface area (Å²) in [6.45, 7) is 8.14. The van der Waals surface area contributed by atoms with E-state index in [-0.39, 0.29) is 12.0 Å². The summed E-state index contributed by atoms with van der Waals surface area (Å²) in [7, 11) is 0. The van der Waals surface area contributed by atoms with Crippen LogP contribution in [-0.2, 0) is 0 Å². The number of hydrogen-bond acceptors (Lipinski definition) is 3. The van der Waals surface area contributed by atoms with Crippen LogP contribution in [0.4, 0.5) is 0 Å². The average Bonchev–Trinajstić information content (AvgIpc) is 2.56. The summed E-state index contributed by atoms with van der Waals surface area (Å²) in [5.41, 5.74) is 5.19. The zero-order chi connectivity index (χ0) is 18.4. The minimum absolute atomic E-state index is 0.0179. The molecule has 1 N–H and O–H groups in total. The minimum atomic E-state index is -0.313. The molecule has 25 heavy (non-hydrogen) atoms. The van der Waals surface area contributed by atoms with E-state index >= 15 is 0 Å². The molecule has 5 heteroatoms. The van der Waals surface area contributed by atoms with E-state index in [9.17, 15) is 4.79 Å². The first-order valence-electron chi connectivity index (χ1n) is 8.26. The van der Waals surface area contributed by atoms with Gasteiger partial charge >= 0.3 is 0 Å². The Morgan fingerprint density at radius 1 is 1.12 bits per heavy atom. The third-order valence-electron chi connectivity index (χ3n) is 3.53. The second kappa shape index (κ2) is 8.81. The number of nitrogens with one attached hydrogen (secondary N) is 1. The molecule has 4 nitrogen and oxygen atoms in total. The molecule has 1 amide bonds. The van der Waals surface area contributed by atoms with Crippen LogP contribution in [0.1, 0.15) is 55.1 Å². The van der Waals surface area contributed by atoms with Crippen LogP contribution in [0, 0.1) is 0 Å². The molecule has 0 fully saturated rings.